The Morgan fingerprint density at radius 3 is 2.75 bits per heavy atom. The summed E-state index contributed by atoms with van der Waals surface area (Å²) in [7, 11) is 1.92. The summed E-state index contributed by atoms with van der Waals surface area (Å²) in [5.41, 5.74) is 3.07. The molecule has 0 aliphatic rings. The van der Waals surface area contributed by atoms with Crippen LogP contribution in [0.2, 0.25) is 0 Å². The first kappa shape index (κ1) is 15.1. The highest BCUT2D eigenvalue weighted by Gasteiger charge is 2.13. The quantitative estimate of drug-likeness (QED) is 0.880. The van der Waals surface area contributed by atoms with Gasteiger partial charge >= 0.3 is 0 Å². The van der Waals surface area contributed by atoms with Crippen LogP contribution in [0.5, 0.6) is 5.75 Å². The molecule has 0 saturated heterocycles. The predicted molar refractivity (Wildman–Crippen MR) is 81.8 cm³/mol. The largest absolute Gasteiger partial charge is 0.487 e. The van der Waals surface area contributed by atoms with Crippen molar-refractivity contribution in [2.75, 3.05) is 6.61 Å². The van der Waals surface area contributed by atoms with Crippen LogP contribution in [-0.4, -0.2) is 21.5 Å². The highest BCUT2D eigenvalue weighted by Crippen LogP contribution is 2.25. The molecule has 108 valence electrons. The van der Waals surface area contributed by atoms with E-state index in [2.05, 4.69) is 28.0 Å². The highest BCUT2D eigenvalue weighted by molar-refractivity contribution is 9.10. The van der Waals surface area contributed by atoms with E-state index in [-0.39, 0.29) is 6.61 Å². The van der Waals surface area contributed by atoms with Crippen LogP contribution in [0.1, 0.15) is 23.9 Å². The summed E-state index contributed by atoms with van der Waals surface area (Å²) in [4.78, 5) is 0. The van der Waals surface area contributed by atoms with E-state index in [9.17, 15) is 0 Å². The molecule has 2 aromatic rings. The van der Waals surface area contributed by atoms with Gasteiger partial charge in [0.25, 0.3) is 0 Å². The molecule has 0 bridgehead atoms. The second-order valence-corrected chi connectivity index (χ2v) is 5.35. The number of benzene rings is 1. The summed E-state index contributed by atoms with van der Waals surface area (Å²) in [5, 5.41) is 13.5. The van der Waals surface area contributed by atoms with Crippen LogP contribution in [0.15, 0.2) is 28.7 Å². The van der Waals surface area contributed by atoms with Gasteiger partial charge in [0, 0.05) is 13.7 Å². The molecule has 0 aliphatic heterocycles. The van der Waals surface area contributed by atoms with E-state index >= 15 is 0 Å². The number of hydrogen-bond acceptors (Lipinski definition) is 3. The number of ether oxygens (including phenoxy) is 1. The number of rotatable bonds is 6. The Labute approximate surface area is 127 Å². The van der Waals surface area contributed by atoms with Crippen LogP contribution in [-0.2, 0) is 26.5 Å². The number of aromatic nitrogens is 2. The van der Waals surface area contributed by atoms with E-state index in [0.29, 0.717) is 13.0 Å². The van der Waals surface area contributed by atoms with Gasteiger partial charge in [-0.3, -0.25) is 4.68 Å². The fourth-order valence-corrected chi connectivity index (χ4v) is 2.83. The fraction of sp³-hybridized carbons (Fsp3) is 0.400. The normalized spacial score (nSPS) is 10.8. The molecule has 0 spiro atoms. The number of aliphatic hydroxyl groups is 1. The second-order valence-electron chi connectivity index (χ2n) is 4.55. The maximum atomic E-state index is 9.08. The Balaban J connectivity index is 2.15. The zero-order chi connectivity index (χ0) is 14.5. The monoisotopic (exact) mass is 338 g/mol. The standard InChI is InChI=1S/C15H19BrN2O2/c1-3-12-15(16)13(18(2)17-12)10-20-14-7-5-4-6-11(14)8-9-19/h4-7,19H,3,8-10H2,1-2H3. The fourth-order valence-electron chi connectivity index (χ4n) is 2.09. The summed E-state index contributed by atoms with van der Waals surface area (Å²) < 4.78 is 8.75. The summed E-state index contributed by atoms with van der Waals surface area (Å²) in [6.07, 6.45) is 1.48. The average Bonchev–Trinajstić information content (AvgIpc) is 2.73. The summed E-state index contributed by atoms with van der Waals surface area (Å²) in [6, 6.07) is 7.79. The van der Waals surface area contributed by atoms with E-state index in [4.69, 9.17) is 9.84 Å². The number of nitrogens with zero attached hydrogens (tertiary/aromatic N) is 2. The van der Waals surface area contributed by atoms with Crippen molar-refractivity contribution >= 4 is 15.9 Å². The van der Waals surface area contributed by atoms with E-state index in [1.807, 2.05) is 36.0 Å². The van der Waals surface area contributed by atoms with E-state index < -0.39 is 0 Å². The molecule has 5 heteroatoms. The van der Waals surface area contributed by atoms with Crippen molar-refractivity contribution in [3.8, 4) is 5.75 Å². The van der Waals surface area contributed by atoms with Gasteiger partial charge in [-0.1, -0.05) is 25.1 Å². The number of aryl methyl sites for hydroxylation is 2. The highest BCUT2D eigenvalue weighted by atomic mass is 79.9. The zero-order valence-electron chi connectivity index (χ0n) is 11.8. The number of para-hydroxylation sites is 1. The first-order valence-electron chi connectivity index (χ1n) is 6.69. The molecule has 1 aromatic heterocycles. The van der Waals surface area contributed by atoms with Crippen molar-refractivity contribution < 1.29 is 9.84 Å². The van der Waals surface area contributed by atoms with E-state index in [1.165, 1.54) is 0 Å². The van der Waals surface area contributed by atoms with Crippen molar-refractivity contribution in [2.45, 2.75) is 26.4 Å². The Morgan fingerprint density at radius 2 is 2.10 bits per heavy atom. The topological polar surface area (TPSA) is 47.3 Å². The summed E-state index contributed by atoms with van der Waals surface area (Å²) >= 11 is 3.58. The van der Waals surface area contributed by atoms with Crippen molar-refractivity contribution in [2.24, 2.45) is 7.05 Å². The molecule has 20 heavy (non-hydrogen) atoms. The van der Waals surface area contributed by atoms with Crippen LogP contribution in [0, 0.1) is 0 Å². The molecule has 0 atom stereocenters. The lowest BCUT2D eigenvalue weighted by molar-refractivity contribution is 0.278. The number of halogens is 1. The van der Waals surface area contributed by atoms with Crippen LogP contribution in [0.3, 0.4) is 0 Å². The maximum Gasteiger partial charge on any atom is 0.131 e. The SMILES string of the molecule is CCc1nn(C)c(COc2ccccc2CCO)c1Br. The molecule has 0 fully saturated rings. The summed E-state index contributed by atoms with van der Waals surface area (Å²) in [6.45, 7) is 2.65. The van der Waals surface area contributed by atoms with Crippen LogP contribution in [0.4, 0.5) is 0 Å². The third-order valence-corrected chi connectivity index (χ3v) is 4.14. The molecule has 2 rings (SSSR count). The zero-order valence-corrected chi connectivity index (χ0v) is 13.4. The molecule has 1 aromatic carbocycles. The molecular weight excluding hydrogens is 320 g/mol. The second kappa shape index (κ2) is 6.90. The Bertz CT molecular complexity index is 581. The predicted octanol–water partition coefficient (Wildman–Crippen LogP) is 2.86. The Kier molecular flexibility index (Phi) is 5.20. The minimum absolute atomic E-state index is 0.121. The first-order valence-corrected chi connectivity index (χ1v) is 7.48. The van der Waals surface area contributed by atoms with Crippen molar-refractivity contribution in [1.82, 2.24) is 9.78 Å². The average molecular weight is 339 g/mol. The lowest BCUT2D eigenvalue weighted by Crippen LogP contribution is -2.05. The number of aliphatic hydroxyl groups excluding tert-OH is 1. The third kappa shape index (κ3) is 3.22. The molecule has 0 amide bonds. The van der Waals surface area contributed by atoms with Gasteiger partial charge in [-0.05, 0) is 40.4 Å². The Morgan fingerprint density at radius 1 is 1.35 bits per heavy atom. The van der Waals surface area contributed by atoms with Crippen LogP contribution >= 0.6 is 15.9 Å². The van der Waals surface area contributed by atoms with Crippen molar-refractivity contribution in [1.29, 1.82) is 0 Å². The number of hydrogen-bond donors (Lipinski definition) is 1. The Hall–Kier alpha value is -1.33. The maximum absolute atomic E-state index is 9.08. The van der Waals surface area contributed by atoms with Crippen molar-refractivity contribution in [3.05, 3.63) is 45.7 Å². The summed E-state index contributed by atoms with van der Waals surface area (Å²) in [5.74, 6) is 0.813. The van der Waals surface area contributed by atoms with Gasteiger partial charge in [0.05, 0.1) is 15.9 Å². The van der Waals surface area contributed by atoms with Crippen LogP contribution < -0.4 is 4.74 Å². The lowest BCUT2D eigenvalue weighted by atomic mass is 10.1. The minimum atomic E-state index is 0.121. The van der Waals surface area contributed by atoms with Gasteiger partial charge in [-0.2, -0.15) is 5.10 Å². The van der Waals surface area contributed by atoms with Gasteiger partial charge in [-0.25, -0.2) is 0 Å². The van der Waals surface area contributed by atoms with E-state index in [1.54, 1.807) is 0 Å². The molecule has 0 saturated carbocycles. The van der Waals surface area contributed by atoms with Gasteiger partial charge in [0.1, 0.15) is 12.4 Å². The minimum Gasteiger partial charge on any atom is -0.487 e. The molecule has 1 heterocycles. The lowest BCUT2D eigenvalue weighted by Gasteiger charge is -2.11. The molecular formula is C15H19BrN2O2. The van der Waals surface area contributed by atoms with E-state index in [0.717, 1.165) is 33.6 Å². The van der Waals surface area contributed by atoms with Gasteiger partial charge in [-0.15, -0.1) is 0 Å². The van der Waals surface area contributed by atoms with Gasteiger partial charge in [0.2, 0.25) is 0 Å². The molecule has 0 aliphatic carbocycles. The van der Waals surface area contributed by atoms with Crippen LogP contribution in [0.25, 0.3) is 0 Å². The van der Waals surface area contributed by atoms with Gasteiger partial charge < -0.3 is 9.84 Å². The molecule has 4 nitrogen and oxygen atoms in total. The third-order valence-electron chi connectivity index (χ3n) is 3.22. The van der Waals surface area contributed by atoms with Gasteiger partial charge in [0.15, 0.2) is 0 Å². The van der Waals surface area contributed by atoms with Crippen molar-refractivity contribution in [3.63, 3.8) is 0 Å². The molecule has 0 radical (unpaired) electrons. The molecule has 1 N–H and O–H groups in total. The first-order chi connectivity index (χ1) is 9.67. The smallest absolute Gasteiger partial charge is 0.131 e. The molecule has 0 unspecified atom stereocenters.